The Morgan fingerprint density at radius 2 is 2.15 bits per heavy atom. The summed E-state index contributed by atoms with van der Waals surface area (Å²) in [4.78, 5) is 8.96. The van der Waals surface area contributed by atoms with Gasteiger partial charge in [-0.05, 0) is 56.4 Å². The van der Waals surface area contributed by atoms with Crippen LogP contribution in [0.3, 0.4) is 0 Å². The molecule has 0 amide bonds. The normalized spacial score (nSPS) is 14.6. The molecule has 5 nitrogen and oxygen atoms in total. The molecule has 0 bridgehead atoms. The maximum absolute atomic E-state index is 13.9. The van der Waals surface area contributed by atoms with Crippen molar-refractivity contribution in [2.24, 2.45) is 0 Å². The molecule has 0 saturated carbocycles. The van der Waals surface area contributed by atoms with Gasteiger partial charge in [-0.3, -0.25) is 0 Å². The summed E-state index contributed by atoms with van der Waals surface area (Å²) in [5.41, 5.74) is 2.83. The van der Waals surface area contributed by atoms with Gasteiger partial charge in [0.1, 0.15) is 11.2 Å². The second-order valence-corrected chi connectivity index (χ2v) is 7.37. The maximum Gasteiger partial charge on any atom is 0.222 e. The molecule has 0 radical (unpaired) electrons. The third-order valence-corrected chi connectivity index (χ3v) is 4.58. The monoisotopic (exact) mass is 369 g/mol. The zero-order chi connectivity index (χ0) is 19.0. The fourth-order valence-corrected chi connectivity index (χ4v) is 3.22. The molecular weight excluding hydrogens is 348 g/mol. The average molecular weight is 369 g/mol. The summed E-state index contributed by atoms with van der Waals surface area (Å²) in [5, 5.41) is 6.94. The molecular formula is C20H21F2N5. The minimum atomic E-state index is -1.34. The fraction of sp³-hybridized carbons (Fsp3) is 0.350. The molecule has 1 aliphatic carbocycles. The van der Waals surface area contributed by atoms with Crippen LogP contribution in [0.15, 0.2) is 36.8 Å². The van der Waals surface area contributed by atoms with Crippen molar-refractivity contribution in [1.29, 1.82) is 0 Å². The van der Waals surface area contributed by atoms with E-state index in [2.05, 4.69) is 26.5 Å². The van der Waals surface area contributed by atoms with Crippen LogP contribution in [-0.4, -0.2) is 31.8 Å². The van der Waals surface area contributed by atoms with Gasteiger partial charge in [0.05, 0.1) is 18.4 Å². The number of aryl methyl sites for hydroxylation is 1. The summed E-state index contributed by atoms with van der Waals surface area (Å²) in [6.45, 7) is 3.16. The second kappa shape index (κ2) is 6.72. The van der Waals surface area contributed by atoms with Crippen LogP contribution in [0.1, 0.15) is 43.5 Å². The molecule has 27 heavy (non-hydrogen) atoms. The molecule has 1 aliphatic rings. The Hall–Kier alpha value is -2.83. The smallest absolute Gasteiger partial charge is 0.222 e. The van der Waals surface area contributed by atoms with Crippen LogP contribution in [0.5, 0.6) is 0 Å². The molecule has 0 aromatic carbocycles. The topological polar surface area (TPSA) is 55.1 Å². The van der Waals surface area contributed by atoms with Crippen molar-refractivity contribution in [1.82, 2.24) is 19.6 Å². The maximum atomic E-state index is 13.9. The van der Waals surface area contributed by atoms with Gasteiger partial charge in [-0.15, -0.1) is 0 Å². The summed E-state index contributed by atoms with van der Waals surface area (Å²) >= 11 is 0. The first-order valence-electron chi connectivity index (χ1n) is 9.03. The molecule has 4 rings (SSSR count). The number of halogens is 2. The highest BCUT2D eigenvalue weighted by molar-refractivity contribution is 5.82. The highest BCUT2D eigenvalue weighted by Gasteiger charge is 2.19. The van der Waals surface area contributed by atoms with Gasteiger partial charge in [0, 0.05) is 18.0 Å². The van der Waals surface area contributed by atoms with Crippen LogP contribution in [0.4, 0.5) is 14.7 Å². The van der Waals surface area contributed by atoms with E-state index in [0.717, 1.165) is 41.7 Å². The van der Waals surface area contributed by atoms with E-state index in [9.17, 15) is 8.78 Å². The molecule has 0 atom stereocenters. The number of rotatable bonds is 4. The lowest BCUT2D eigenvalue weighted by Crippen LogP contribution is -2.25. The van der Waals surface area contributed by atoms with Gasteiger partial charge in [0.25, 0.3) is 0 Å². The van der Waals surface area contributed by atoms with Crippen molar-refractivity contribution in [3.05, 3.63) is 59.4 Å². The van der Waals surface area contributed by atoms with E-state index in [4.69, 9.17) is 0 Å². The summed E-state index contributed by atoms with van der Waals surface area (Å²) in [7, 11) is 0. The number of allylic oxidation sites excluding steroid dienone is 1. The molecule has 0 unspecified atom stereocenters. The molecule has 7 heteroatoms. The molecule has 3 heterocycles. The predicted octanol–water partition coefficient (Wildman–Crippen LogP) is 4.19. The average Bonchev–Trinajstić information content (AvgIpc) is 2.87. The number of nitrogens with zero attached hydrogens (tertiary/aromatic N) is 4. The van der Waals surface area contributed by atoms with Gasteiger partial charge in [0.15, 0.2) is 5.82 Å². The summed E-state index contributed by atoms with van der Waals surface area (Å²) in [5.74, 6) is 0.0777. The predicted molar refractivity (Wildman–Crippen MR) is 101 cm³/mol. The SMILES string of the molecule is CC(C)(F)CNc1ncc2c(n1)CCCC=C2c1ccn2ncc(F)c2c1. The zero-order valence-electron chi connectivity index (χ0n) is 15.3. The van der Waals surface area contributed by atoms with Gasteiger partial charge in [-0.2, -0.15) is 5.10 Å². The standard InChI is InChI=1S/C20H21F2N5/c1-20(2,22)12-24-19-23-10-15-14(5-3-4-6-17(15)26-19)13-7-8-27-18(9-13)16(21)11-25-27/h5,7-11H,3-4,6,12H2,1-2H3,(H,23,24,26). The van der Waals surface area contributed by atoms with E-state index in [-0.39, 0.29) is 12.4 Å². The Morgan fingerprint density at radius 3 is 2.96 bits per heavy atom. The Labute approximate surface area is 156 Å². The Bertz CT molecular complexity index is 1020. The van der Waals surface area contributed by atoms with Crippen LogP contribution >= 0.6 is 0 Å². The van der Waals surface area contributed by atoms with Crippen molar-refractivity contribution in [2.45, 2.75) is 38.8 Å². The van der Waals surface area contributed by atoms with E-state index < -0.39 is 5.67 Å². The van der Waals surface area contributed by atoms with Gasteiger partial charge < -0.3 is 5.32 Å². The fourth-order valence-electron chi connectivity index (χ4n) is 3.22. The van der Waals surface area contributed by atoms with Crippen LogP contribution in [-0.2, 0) is 6.42 Å². The minimum Gasteiger partial charge on any atom is -0.351 e. The Balaban J connectivity index is 1.70. The molecule has 0 spiro atoms. The van der Waals surface area contributed by atoms with Gasteiger partial charge in [0.2, 0.25) is 5.95 Å². The number of hydrogen-bond donors (Lipinski definition) is 1. The van der Waals surface area contributed by atoms with Crippen LogP contribution in [0.25, 0.3) is 11.1 Å². The van der Waals surface area contributed by atoms with Crippen molar-refractivity contribution >= 4 is 17.0 Å². The number of hydrogen-bond acceptors (Lipinski definition) is 4. The number of nitrogens with one attached hydrogen (secondary N) is 1. The molecule has 0 aliphatic heterocycles. The third kappa shape index (κ3) is 3.67. The second-order valence-electron chi connectivity index (χ2n) is 7.37. The lowest BCUT2D eigenvalue weighted by molar-refractivity contribution is 0.234. The molecule has 1 N–H and O–H groups in total. The van der Waals surface area contributed by atoms with Crippen molar-refractivity contribution in [3.63, 3.8) is 0 Å². The van der Waals surface area contributed by atoms with Crippen LogP contribution in [0.2, 0.25) is 0 Å². The molecule has 140 valence electrons. The van der Waals surface area contributed by atoms with Gasteiger partial charge in [-0.25, -0.2) is 23.3 Å². The van der Waals surface area contributed by atoms with Crippen molar-refractivity contribution in [2.75, 3.05) is 11.9 Å². The molecule has 0 fully saturated rings. The minimum absolute atomic E-state index is 0.144. The number of aromatic nitrogens is 4. The van der Waals surface area contributed by atoms with E-state index >= 15 is 0 Å². The quantitative estimate of drug-likeness (QED) is 0.749. The highest BCUT2D eigenvalue weighted by Crippen LogP contribution is 2.31. The lowest BCUT2D eigenvalue weighted by Gasteiger charge is -2.16. The van der Waals surface area contributed by atoms with Crippen molar-refractivity contribution in [3.8, 4) is 0 Å². The van der Waals surface area contributed by atoms with E-state index in [0.29, 0.717) is 11.5 Å². The van der Waals surface area contributed by atoms with E-state index in [1.165, 1.54) is 24.6 Å². The van der Waals surface area contributed by atoms with Gasteiger partial charge >= 0.3 is 0 Å². The summed E-state index contributed by atoms with van der Waals surface area (Å²) < 4.78 is 29.2. The number of anilines is 1. The molecule has 3 aromatic heterocycles. The van der Waals surface area contributed by atoms with E-state index in [1.807, 2.05) is 6.07 Å². The Morgan fingerprint density at radius 1 is 1.30 bits per heavy atom. The summed E-state index contributed by atoms with van der Waals surface area (Å²) in [6, 6.07) is 3.71. The first-order chi connectivity index (χ1) is 12.9. The Kier molecular flexibility index (Phi) is 4.37. The van der Waals surface area contributed by atoms with Crippen LogP contribution in [0, 0.1) is 5.82 Å². The van der Waals surface area contributed by atoms with Crippen molar-refractivity contribution < 1.29 is 8.78 Å². The molecule has 3 aromatic rings. The van der Waals surface area contributed by atoms with E-state index in [1.54, 1.807) is 18.5 Å². The number of pyridine rings is 1. The number of fused-ring (bicyclic) bond motifs is 2. The third-order valence-electron chi connectivity index (χ3n) is 4.58. The highest BCUT2D eigenvalue weighted by atomic mass is 19.1. The summed E-state index contributed by atoms with van der Waals surface area (Å²) in [6.07, 6.45) is 9.55. The first-order valence-corrected chi connectivity index (χ1v) is 9.03. The molecule has 0 saturated heterocycles. The number of alkyl halides is 1. The lowest BCUT2D eigenvalue weighted by atomic mass is 9.98. The van der Waals surface area contributed by atoms with Gasteiger partial charge in [-0.1, -0.05) is 6.08 Å². The zero-order valence-corrected chi connectivity index (χ0v) is 15.3. The van der Waals surface area contributed by atoms with Crippen LogP contribution < -0.4 is 5.32 Å². The first kappa shape index (κ1) is 17.6. The largest absolute Gasteiger partial charge is 0.351 e.